The van der Waals surface area contributed by atoms with E-state index in [1.54, 1.807) is 0 Å². The Bertz CT molecular complexity index is 526. The van der Waals surface area contributed by atoms with Gasteiger partial charge in [0.2, 0.25) is 0 Å². The van der Waals surface area contributed by atoms with E-state index in [0.29, 0.717) is 0 Å². The zero-order valence-electron chi connectivity index (χ0n) is 12.7. The maximum absolute atomic E-state index is 6.19. The maximum atomic E-state index is 6.19. The molecule has 0 bridgehead atoms. The molecule has 2 rings (SSSR count). The Labute approximate surface area is 135 Å². The third kappa shape index (κ3) is 4.76. The van der Waals surface area contributed by atoms with Crippen molar-refractivity contribution in [3.63, 3.8) is 0 Å². The normalized spacial score (nSPS) is 14.9. The number of benzene rings is 1. The second-order valence-electron chi connectivity index (χ2n) is 6.29. The molecule has 1 aliphatic rings. The van der Waals surface area contributed by atoms with Gasteiger partial charge in [-0.05, 0) is 0 Å². The van der Waals surface area contributed by atoms with Crippen LogP contribution in [0.2, 0.25) is 19.6 Å². The predicted molar refractivity (Wildman–Crippen MR) is 84.1 cm³/mol. The van der Waals surface area contributed by atoms with E-state index in [4.69, 9.17) is 4.43 Å². The van der Waals surface area contributed by atoms with Crippen molar-refractivity contribution in [1.29, 1.82) is 0 Å². The molecule has 0 radical (unpaired) electrons. The fraction of sp³-hybridized carbons (Fsp3) is 0.412. The molecule has 20 heavy (non-hydrogen) atoms. The van der Waals surface area contributed by atoms with E-state index in [9.17, 15) is 0 Å². The molecule has 3 heteroatoms. The first-order valence-corrected chi connectivity index (χ1v) is 11.5. The number of hydrogen-bond donors (Lipinski definition) is 0. The summed E-state index contributed by atoms with van der Waals surface area (Å²) in [6.07, 6.45) is 9.19. The number of allylic oxidation sites excluding steroid dienone is 4. The molecule has 0 amide bonds. The Morgan fingerprint density at radius 3 is 2.55 bits per heavy atom. The van der Waals surface area contributed by atoms with E-state index in [1.165, 1.54) is 27.9 Å². The summed E-state index contributed by atoms with van der Waals surface area (Å²) in [5.41, 5.74) is 2.89. The molecule has 1 nitrogen and oxygen atoms in total. The number of para-hydroxylation sites is 1. The summed E-state index contributed by atoms with van der Waals surface area (Å²) in [7, 11) is -1.53. The van der Waals surface area contributed by atoms with Gasteiger partial charge < -0.3 is 0 Å². The minimum absolute atomic E-state index is 1.10. The molecule has 0 saturated heterocycles. The average molecular weight is 319 g/mol. The van der Waals surface area contributed by atoms with Gasteiger partial charge in [0.15, 0.2) is 0 Å². The van der Waals surface area contributed by atoms with Crippen molar-refractivity contribution in [2.45, 2.75) is 45.3 Å². The summed E-state index contributed by atoms with van der Waals surface area (Å²) in [4.78, 5) is 0. The summed E-state index contributed by atoms with van der Waals surface area (Å²) < 4.78 is 7.73. The summed E-state index contributed by atoms with van der Waals surface area (Å²) in [5, 5.41) is 0. The van der Waals surface area contributed by atoms with Crippen LogP contribution < -0.4 is 4.43 Å². The van der Waals surface area contributed by atoms with E-state index >= 15 is 0 Å². The molecule has 0 fully saturated rings. The molecule has 0 unspecified atom stereocenters. The van der Waals surface area contributed by atoms with Crippen molar-refractivity contribution in [1.82, 2.24) is 0 Å². The van der Waals surface area contributed by atoms with Crippen molar-refractivity contribution < 1.29 is 24.9 Å². The monoisotopic (exact) mass is 319 g/mol. The van der Waals surface area contributed by atoms with Crippen molar-refractivity contribution in [2.24, 2.45) is 0 Å². The fourth-order valence-electron chi connectivity index (χ4n) is 2.39. The molecule has 0 spiro atoms. The summed E-state index contributed by atoms with van der Waals surface area (Å²) in [6.45, 7) is 6.71. The first-order chi connectivity index (χ1) is 9.46. The topological polar surface area (TPSA) is 9.23 Å². The van der Waals surface area contributed by atoms with E-state index < -0.39 is 8.32 Å². The van der Waals surface area contributed by atoms with Crippen LogP contribution in [0.25, 0.3) is 0 Å². The second kappa shape index (κ2) is 6.93. The number of rotatable bonds is 6. The van der Waals surface area contributed by atoms with Gasteiger partial charge in [0.05, 0.1) is 0 Å². The Kier molecular flexibility index (Phi) is 5.48. The Balaban J connectivity index is 1.96. The van der Waals surface area contributed by atoms with Gasteiger partial charge in [-0.2, -0.15) is 0 Å². The van der Waals surface area contributed by atoms with Crippen LogP contribution in [0.1, 0.15) is 24.8 Å². The standard InChI is InChI=1S/C17H23OSi.Ti/c1-19(2,3)18-17-14-7-6-12-16(17)13-8-11-15-9-4-5-10-15;/h4,6-7,9,12,14H,5,8,11,13H2,1-3H3;. The van der Waals surface area contributed by atoms with E-state index in [-0.39, 0.29) is 0 Å². The van der Waals surface area contributed by atoms with Crippen LogP contribution in [0.3, 0.4) is 0 Å². The summed E-state index contributed by atoms with van der Waals surface area (Å²) >= 11 is 2.25. The molecule has 0 aliphatic heterocycles. The van der Waals surface area contributed by atoms with Crippen LogP contribution in [0.5, 0.6) is 5.75 Å². The van der Waals surface area contributed by atoms with E-state index in [1.807, 2.05) is 0 Å². The minimum atomic E-state index is -1.53. The van der Waals surface area contributed by atoms with Gasteiger partial charge in [0, 0.05) is 0 Å². The molecule has 1 aromatic carbocycles. The second-order valence-corrected chi connectivity index (χ2v) is 11.7. The van der Waals surface area contributed by atoms with Gasteiger partial charge in [-0.15, -0.1) is 0 Å². The van der Waals surface area contributed by atoms with E-state index in [0.717, 1.165) is 18.6 Å². The SMILES string of the molecule is C[Si](C)(C)Oc1ccccc1CCCC1=[C]([Ti])CC=C1. The fourth-order valence-corrected chi connectivity index (χ4v) is 3.76. The Morgan fingerprint density at radius 1 is 1.15 bits per heavy atom. The molecule has 0 aromatic heterocycles. The van der Waals surface area contributed by atoms with Crippen LogP contribution in [0, 0.1) is 0 Å². The first kappa shape index (κ1) is 15.8. The van der Waals surface area contributed by atoms with Crippen LogP contribution >= 0.6 is 0 Å². The van der Waals surface area contributed by atoms with Crippen LogP contribution in [0.4, 0.5) is 0 Å². The molecular weight excluding hydrogens is 296 g/mol. The molecule has 0 atom stereocenters. The summed E-state index contributed by atoms with van der Waals surface area (Å²) in [5.74, 6) is 1.10. The van der Waals surface area contributed by atoms with Gasteiger partial charge in [-0.25, -0.2) is 0 Å². The zero-order chi connectivity index (χ0) is 14.6. The first-order valence-electron chi connectivity index (χ1n) is 7.33. The third-order valence-corrected chi connectivity index (χ3v) is 4.96. The van der Waals surface area contributed by atoms with Crippen molar-refractivity contribution in [2.75, 3.05) is 0 Å². The van der Waals surface area contributed by atoms with Gasteiger partial charge in [0.1, 0.15) is 0 Å². The van der Waals surface area contributed by atoms with Gasteiger partial charge in [-0.1, -0.05) is 0 Å². The summed E-state index contributed by atoms with van der Waals surface area (Å²) in [6, 6.07) is 8.52. The van der Waals surface area contributed by atoms with Gasteiger partial charge in [0.25, 0.3) is 0 Å². The molecule has 0 N–H and O–H groups in total. The molecule has 1 aliphatic carbocycles. The predicted octanol–water partition coefficient (Wildman–Crippen LogP) is 4.98. The van der Waals surface area contributed by atoms with E-state index in [2.05, 4.69) is 76.5 Å². The molecular formula is C17H23OSiTi. The van der Waals surface area contributed by atoms with Gasteiger partial charge >= 0.3 is 136 Å². The van der Waals surface area contributed by atoms with Crippen LogP contribution in [-0.4, -0.2) is 8.32 Å². The Morgan fingerprint density at radius 2 is 1.90 bits per heavy atom. The molecule has 1 aromatic rings. The molecule has 105 valence electrons. The van der Waals surface area contributed by atoms with Gasteiger partial charge in [-0.3, -0.25) is 0 Å². The number of aryl methyl sites for hydroxylation is 1. The quantitative estimate of drug-likeness (QED) is 0.672. The van der Waals surface area contributed by atoms with Crippen molar-refractivity contribution >= 4 is 8.32 Å². The van der Waals surface area contributed by atoms with Crippen molar-refractivity contribution in [3.05, 3.63) is 51.4 Å². The average Bonchev–Trinajstić information content (AvgIpc) is 2.75. The number of hydrogen-bond acceptors (Lipinski definition) is 1. The van der Waals surface area contributed by atoms with Crippen LogP contribution in [0.15, 0.2) is 45.9 Å². The third-order valence-electron chi connectivity index (χ3n) is 3.31. The molecule has 0 saturated carbocycles. The zero-order valence-corrected chi connectivity index (χ0v) is 15.3. The molecule has 0 heterocycles. The van der Waals surface area contributed by atoms with Crippen molar-refractivity contribution in [3.8, 4) is 5.75 Å². The Hall–Kier alpha value is -0.569. The van der Waals surface area contributed by atoms with Crippen LogP contribution in [-0.2, 0) is 26.9 Å².